The van der Waals surface area contributed by atoms with E-state index in [4.69, 9.17) is 10.5 Å². The molecule has 0 saturated heterocycles. The first-order chi connectivity index (χ1) is 7.31. The van der Waals surface area contributed by atoms with Crippen molar-refractivity contribution in [2.24, 2.45) is 11.7 Å². The molecular weight excluding hydrogens is 186 g/mol. The Balaban J connectivity index is 2.38. The first-order valence-corrected chi connectivity index (χ1v) is 6.67. The van der Waals surface area contributed by atoms with Crippen LogP contribution in [-0.2, 0) is 4.74 Å². The second kappa shape index (κ2) is 7.24. The zero-order chi connectivity index (χ0) is 11.1. The van der Waals surface area contributed by atoms with Crippen molar-refractivity contribution < 1.29 is 4.74 Å². The van der Waals surface area contributed by atoms with Crippen LogP contribution in [0.15, 0.2) is 0 Å². The molecule has 3 atom stereocenters. The molecule has 1 rings (SSSR count). The van der Waals surface area contributed by atoms with E-state index in [1.807, 2.05) is 0 Å². The Morgan fingerprint density at radius 2 is 2.00 bits per heavy atom. The van der Waals surface area contributed by atoms with Crippen LogP contribution >= 0.6 is 0 Å². The van der Waals surface area contributed by atoms with Crippen LogP contribution in [0.4, 0.5) is 0 Å². The van der Waals surface area contributed by atoms with Crippen molar-refractivity contribution in [1.29, 1.82) is 0 Å². The molecule has 1 aliphatic rings. The molecule has 2 N–H and O–H groups in total. The molecule has 0 bridgehead atoms. The molecule has 1 fully saturated rings. The Morgan fingerprint density at radius 1 is 1.27 bits per heavy atom. The molecule has 0 spiro atoms. The minimum Gasteiger partial charge on any atom is -0.375 e. The molecule has 0 aromatic heterocycles. The van der Waals surface area contributed by atoms with Crippen molar-refractivity contribution in [2.45, 2.75) is 71.0 Å². The Morgan fingerprint density at radius 3 is 2.60 bits per heavy atom. The molecule has 0 aliphatic heterocycles. The lowest BCUT2D eigenvalue weighted by molar-refractivity contribution is -0.0637. The SMILES string of the molecule is CCC(CCN)OC1CCCCC1CC. The largest absolute Gasteiger partial charge is 0.375 e. The second-order valence-electron chi connectivity index (χ2n) is 4.73. The van der Waals surface area contributed by atoms with Gasteiger partial charge in [-0.1, -0.05) is 33.1 Å². The number of nitrogens with two attached hydrogens (primary N) is 1. The summed E-state index contributed by atoms with van der Waals surface area (Å²) in [7, 11) is 0. The van der Waals surface area contributed by atoms with Crippen LogP contribution in [0, 0.1) is 5.92 Å². The maximum absolute atomic E-state index is 6.20. The number of hydrogen-bond acceptors (Lipinski definition) is 2. The molecule has 2 heteroatoms. The van der Waals surface area contributed by atoms with Gasteiger partial charge in [0.05, 0.1) is 12.2 Å². The molecule has 3 unspecified atom stereocenters. The van der Waals surface area contributed by atoms with E-state index >= 15 is 0 Å². The van der Waals surface area contributed by atoms with Crippen LogP contribution in [0.2, 0.25) is 0 Å². The fourth-order valence-corrected chi connectivity index (χ4v) is 2.62. The van der Waals surface area contributed by atoms with E-state index in [2.05, 4.69) is 13.8 Å². The van der Waals surface area contributed by atoms with Crippen LogP contribution in [0.3, 0.4) is 0 Å². The van der Waals surface area contributed by atoms with E-state index in [-0.39, 0.29) is 0 Å². The first-order valence-electron chi connectivity index (χ1n) is 6.67. The average molecular weight is 213 g/mol. The summed E-state index contributed by atoms with van der Waals surface area (Å²) in [6.07, 6.45) is 9.66. The minimum absolute atomic E-state index is 0.396. The second-order valence-corrected chi connectivity index (χ2v) is 4.73. The summed E-state index contributed by atoms with van der Waals surface area (Å²) in [6.45, 7) is 5.24. The molecule has 0 amide bonds. The summed E-state index contributed by atoms with van der Waals surface area (Å²) in [4.78, 5) is 0. The highest BCUT2D eigenvalue weighted by Crippen LogP contribution is 2.30. The maximum Gasteiger partial charge on any atom is 0.0606 e. The fourth-order valence-electron chi connectivity index (χ4n) is 2.62. The van der Waals surface area contributed by atoms with Gasteiger partial charge in [-0.3, -0.25) is 0 Å². The van der Waals surface area contributed by atoms with Crippen LogP contribution in [0.5, 0.6) is 0 Å². The number of rotatable bonds is 6. The standard InChI is InChI=1S/C13H27NO/c1-3-11-7-5-6-8-13(11)15-12(4-2)9-10-14/h11-13H,3-10,14H2,1-2H3. The van der Waals surface area contributed by atoms with Crippen molar-refractivity contribution in [3.05, 3.63) is 0 Å². The lowest BCUT2D eigenvalue weighted by Crippen LogP contribution is -2.32. The Kier molecular flexibility index (Phi) is 6.26. The van der Waals surface area contributed by atoms with E-state index in [1.165, 1.54) is 32.1 Å². The van der Waals surface area contributed by atoms with Crippen molar-refractivity contribution in [2.75, 3.05) is 6.54 Å². The molecule has 0 aromatic rings. The normalized spacial score (nSPS) is 29.0. The molecule has 1 saturated carbocycles. The van der Waals surface area contributed by atoms with Crippen LogP contribution < -0.4 is 5.73 Å². The zero-order valence-electron chi connectivity index (χ0n) is 10.4. The quantitative estimate of drug-likeness (QED) is 0.736. The molecule has 0 aromatic carbocycles. The van der Waals surface area contributed by atoms with Crippen molar-refractivity contribution >= 4 is 0 Å². The van der Waals surface area contributed by atoms with Gasteiger partial charge in [0.15, 0.2) is 0 Å². The Hall–Kier alpha value is -0.0800. The van der Waals surface area contributed by atoms with Gasteiger partial charge in [0.25, 0.3) is 0 Å². The first kappa shape index (κ1) is 13.0. The maximum atomic E-state index is 6.20. The van der Waals surface area contributed by atoms with Gasteiger partial charge in [0, 0.05) is 0 Å². The highest BCUT2D eigenvalue weighted by Gasteiger charge is 2.26. The van der Waals surface area contributed by atoms with Gasteiger partial charge in [-0.25, -0.2) is 0 Å². The molecule has 0 radical (unpaired) electrons. The third-order valence-electron chi connectivity index (χ3n) is 3.67. The lowest BCUT2D eigenvalue weighted by Gasteiger charge is -2.33. The van der Waals surface area contributed by atoms with E-state index in [9.17, 15) is 0 Å². The summed E-state index contributed by atoms with van der Waals surface area (Å²) in [5, 5.41) is 0. The molecule has 90 valence electrons. The monoisotopic (exact) mass is 213 g/mol. The van der Waals surface area contributed by atoms with Crippen molar-refractivity contribution in [3.63, 3.8) is 0 Å². The Labute approximate surface area is 94.6 Å². The lowest BCUT2D eigenvalue weighted by atomic mass is 9.84. The fraction of sp³-hybridized carbons (Fsp3) is 1.00. The minimum atomic E-state index is 0.396. The highest BCUT2D eigenvalue weighted by molar-refractivity contribution is 4.76. The van der Waals surface area contributed by atoms with Gasteiger partial charge >= 0.3 is 0 Å². The molecule has 15 heavy (non-hydrogen) atoms. The highest BCUT2D eigenvalue weighted by atomic mass is 16.5. The molecule has 0 heterocycles. The summed E-state index contributed by atoms with van der Waals surface area (Å²) in [5.74, 6) is 0.797. The smallest absolute Gasteiger partial charge is 0.0606 e. The topological polar surface area (TPSA) is 35.2 Å². The third kappa shape index (κ3) is 4.12. The summed E-state index contributed by atoms with van der Waals surface area (Å²) >= 11 is 0. The summed E-state index contributed by atoms with van der Waals surface area (Å²) < 4.78 is 6.20. The van der Waals surface area contributed by atoms with Crippen molar-refractivity contribution in [1.82, 2.24) is 0 Å². The van der Waals surface area contributed by atoms with Crippen molar-refractivity contribution in [3.8, 4) is 0 Å². The van der Waals surface area contributed by atoms with E-state index in [0.29, 0.717) is 12.2 Å². The third-order valence-corrected chi connectivity index (χ3v) is 3.67. The van der Waals surface area contributed by atoms with Gasteiger partial charge < -0.3 is 10.5 Å². The molecule has 2 nitrogen and oxygen atoms in total. The van der Waals surface area contributed by atoms with Gasteiger partial charge in [-0.05, 0) is 38.1 Å². The predicted octanol–water partition coefficient (Wildman–Crippen LogP) is 3.10. The van der Waals surface area contributed by atoms with Crippen LogP contribution in [-0.4, -0.2) is 18.8 Å². The van der Waals surface area contributed by atoms with E-state index in [1.54, 1.807) is 0 Å². The summed E-state index contributed by atoms with van der Waals surface area (Å²) in [5.41, 5.74) is 5.60. The van der Waals surface area contributed by atoms with E-state index < -0.39 is 0 Å². The van der Waals surface area contributed by atoms with Gasteiger partial charge in [0.2, 0.25) is 0 Å². The summed E-state index contributed by atoms with van der Waals surface area (Å²) in [6, 6.07) is 0. The van der Waals surface area contributed by atoms with Gasteiger partial charge in [-0.15, -0.1) is 0 Å². The van der Waals surface area contributed by atoms with Gasteiger partial charge in [-0.2, -0.15) is 0 Å². The zero-order valence-corrected chi connectivity index (χ0v) is 10.4. The number of ether oxygens (including phenoxy) is 1. The van der Waals surface area contributed by atoms with E-state index in [0.717, 1.165) is 25.3 Å². The predicted molar refractivity (Wildman–Crippen MR) is 64.9 cm³/mol. The Bertz CT molecular complexity index is 161. The average Bonchev–Trinajstić information content (AvgIpc) is 2.29. The number of hydrogen-bond donors (Lipinski definition) is 1. The van der Waals surface area contributed by atoms with Crippen LogP contribution in [0.25, 0.3) is 0 Å². The molecular formula is C13H27NO. The van der Waals surface area contributed by atoms with Crippen LogP contribution in [0.1, 0.15) is 58.8 Å². The van der Waals surface area contributed by atoms with Gasteiger partial charge in [0.1, 0.15) is 0 Å². The molecule has 1 aliphatic carbocycles.